The molecule has 0 saturated carbocycles. The van der Waals surface area contributed by atoms with E-state index in [9.17, 15) is 4.39 Å². The van der Waals surface area contributed by atoms with Crippen LogP contribution >= 0.6 is 12.4 Å². The fourth-order valence-electron chi connectivity index (χ4n) is 2.24. The Morgan fingerprint density at radius 3 is 2.82 bits per heavy atom. The van der Waals surface area contributed by atoms with Gasteiger partial charge in [0.05, 0.1) is 0 Å². The Morgan fingerprint density at radius 2 is 2.24 bits per heavy atom. The van der Waals surface area contributed by atoms with E-state index in [4.69, 9.17) is 5.73 Å². The second-order valence-electron chi connectivity index (χ2n) is 4.71. The van der Waals surface area contributed by atoms with Gasteiger partial charge in [-0.05, 0) is 49.5 Å². The van der Waals surface area contributed by atoms with E-state index in [1.165, 1.54) is 6.42 Å². The number of nitrogens with zero attached hydrogens (tertiary/aromatic N) is 1. The molecular formula is C13H20ClFN2. The lowest BCUT2D eigenvalue weighted by molar-refractivity contribution is 0.317. The summed E-state index contributed by atoms with van der Waals surface area (Å²) in [6.45, 7) is 5.52. The number of nitrogens with two attached hydrogens (primary N) is 1. The van der Waals surface area contributed by atoms with E-state index in [-0.39, 0.29) is 18.2 Å². The summed E-state index contributed by atoms with van der Waals surface area (Å²) >= 11 is 0. The lowest BCUT2D eigenvalue weighted by Gasteiger charge is -2.15. The number of likely N-dealkylation sites (tertiary alicyclic amines) is 1. The molecule has 1 fully saturated rings. The van der Waals surface area contributed by atoms with Crippen molar-refractivity contribution in [3.8, 4) is 0 Å². The highest BCUT2D eigenvalue weighted by atomic mass is 35.5. The molecule has 1 aliphatic heterocycles. The van der Waals surface area contributed by atoms with Crippen LogP contribution in [0.3, 0.4) is 0 Å². The molecule has 2 N–H and O–H groups in total. The normalized spacial score (nSPS) is 20.3. The predicted molar refractivity (Wildman–Crippen MR) is 70.8 cm³/mol. The monoisotopic (exact) mass is 258 g/mol. The van der Waals surface area contributed by atoms with Crippen molar-refractivity contribution in [2.75, 3.05) is 19.6 Å². The zero-order valence-electron chi connectivity index (χ0n) is 10.2. The molecule has 0 radical (unpaired) electrons. The zero-order valence-corrected chi connectivity index (χ0v) is 11.0. The Hall–Kier alpha value is -0.640. The van der Waals surface area contributed by atoms with Crippen molar-refractivity contribution >= 4 is 12.4 Å². The van der Waals surface area contributed by atoms with Crippen molar-refractivity contribution in [1.29, 1.82) is 0 Å². The second kappa shape index (κ2) is 6.34. The molecule has 2 rings (SSSR count). The number of hydrogen-bond donors (Lipinski definition) is 1. The zero-order chi connectivity index (χ0) is 11.5. The highest BCUT2D eigenvalue weighted by Gasteiger charge is 2.20. The molecule has 1 aromatic carbocycles. The molecular weight excluding hydrogens is 239 g/mol. The van der Waals surface area contributed by atoms with Gasteiger partial charge in [-0.25, -0.2) is 4.39 Å². The van der Waals surface area contributed by atoms with Crippen LogP contribution in [0.25, 0.3) is 0 Å². The topological polar surface area (TPSA) is 29.3 Å². The average molecular weight is 259 g/mol. The lowest BCUT2D eigenvalue weighted by atomic mass is 10.1. The summed E-state index contributed by atoms with van der Waals surface area (Å²) in [7, 11) is 0. The smallest absolute Gasteiger partial charge is 0.126 e. The summed E-state index contributed by atoms with van der Waals surface area (Å²) < 4.78 is 13.4. The molecule has 1 atom stereocenters. The first-order valence-corrected chi connectivity index (χ1v) is 5.86. The van der Waals surface area contributed by atoms with Crippen LogP contribution in [-0.2, 0) is 6.54 Å². The molecule has 0 aromatic heterocycles. The fourth-order valence-corrected chi connectivity index (χ4v) is 2.24. The molecule has 0 bridgehead atoms. The van der Waals surface area contributed by atoms with Crippen LogP contribution in [0.15, 0.2) is 18.2 Å². The van der Waals surface area contributed by atoms with E-state index >= 15 is 0 Å². The summed E-state index contributed by atoms with van der Waals surface area (Å²) in [5.41, 5.74) is 7.42. The van der Waals surface area contributed by atoms with Crippen LogP contribution in [0.2, 0.25) is 0 Å². The van der Waals surface area contributed by atoms with Crippen molar-refractivity contribution in [1.82, 2.24) is 4.90 Å². The molecule has 17 heavy (non-hydrogen) atoms. The molecule has 2 nitrogen and oxygen atoms in total. The van der Waals surface area contributed by atoms with Crippen molar-refractivity contribution in [3.63, 3.8) is 0 Å². The van der Waals surface area contributed by atoms with Crippen LogP contribution in [0.1, 0.15) is 17.5 Å². The van der Waals surface area contributed by atoms with Crippen LogP contribution in [0.5, 0.6) is 0 Å². The van der Waals surface area contributed by atoms with E-state index in [1.54, 1.807) is 13.0 Å². The van der Waals surface area contributed by atoms with Crippen molar-refractivity contribution < 1.29 is 4.39 Å². The largest absolute Gasteiger partial charge is 0.330 e. The summed E-state index contributed by atoms with van der Waals surface area (Å²) in [5, 5.41) is 0. The second-order valence-corrected chi connectivity index (χ2v) is 4.71. The van der Waals surface area contributed by atoms with Gasteiger partial charge in [0, 0.05) is 13.1 Å². The summed E-state index contributed by atoms with van der Waals surface area (Å²) in [4.78, 5) is 2.35. The van der Waals surface area contributed by atoms with E-state index in [0.29, 0.717) is 11.5 Å². The third-order valence-electron chi connectivity index (χ3n) is 3.35. The van der Waals surface area contributed by atoms with Gasteiger partial charge in [-0.3, -0.25) is 4.90 Å². The minimum Gasteiger partial charge on any atom is -0.330 e. The Morgan fingerprint density at radius 1 is 1.47 bits per heavy atom. The van der Waals surface area contributed by atoms with Crippen molar-refractivity contribution in [3.05, 3.63) is 35.1 Å². The minimum absolute atomic E-state index is 0. The Balaban J connectivity index is 0.00000144. The van der Waals surface area contributed by atoms with Gasteiger partial charge in [-0.1, -0.05) is 12.1 Å². The maximum Gasteiger partial charge on any atom is 0.126 e. The minimum atomic E-state index is -0.105. The van der Waals surface area contributed by atoms with Gasteiger partial charge in [0.2, 0.25) is 0 Å². The molecule has 1 unspecified atom stereocenters. The molecule has 0 spiro atoms. The maximum absolute atomic E-state index is 13.4. The van der Waals surface area contributed by atoms with Gasteiger partial charge in [-0.15, -0.1) is 12.4 Å². The first kappa shape index (κ1) is 14.4. The molecule has 4 heteroatoms. The van der Waals surface area contributed by atoms with Crippen molar-refractivity contribution in [2.24, 2.45) is 11.7 Å². The molecule has 1 heterocycles. The summed E-state index contributed by atoms with van der Waals surface area (Å²) in [6.07, 6.45) is 1.17. The molecule has 0 amide bonds. The van der Waals surface area contributed by atoms with Gasteiger partial charge in [0.15, 0.2) is 0 Å². The number of hydrogen-bond acceptors (Lipinski definition) is 2. The van der Waals surface area contributed by atoms with Crippen LogP contribution in [0, 0.1) is 18.7 Å². The van der Waals surface area contributed by atoms with Gasteiger partial charge in [0.25, 0.3) is 0 Å². The summed E-state index contributed by atoms with van der Waals surface area (Å²) in [6, 6.07) is 5.50. The Kier molecular flexibility index (Phi) is 5.37. The third kappa shape index (κ3) is 3.66. The maximum atomic E-state index is 13.4. The molecule has 0 aliphatic carbocycles. The Bertz CT molecular complexity index is 370. The fraction of sp³-hybridized carbons (Fsp3) is 0.538. The van der Waals surface area contributed by atoms with Gasteiger partial charge < -0.3 is 5.73 Å². The number of halogens is 2. The van der Waals surface area contributed by atoms with Crippen LogP contribution in [-0.4, -0.2) is 24.5 Å². The van der Waals surface area contributed by atoms with Crippen LogP contribution in [0.4, 0.5) is 4.39 Å². The van der Waals surface area contributed by atoms with E-state index in [0.717, 1.165) is 31.7 Å². The highest BCUT2D eigenvalue weighted by molar-refractivity contribution is 5.85. The number of aryl methyl sites for hydroxylation is 1. The van der Waals surface area contributed by atoms with E-state index in [2.05, 4.69) is 4.90 Å². The highest BCUT2D eigenvalue weighted by Crippen LogP contribution is 2.18. The predicted octanol–water partition coefficient (Wildman–Crippen LogP) is 2.34. The molecule has 1 aromatic rings. The standard InChI is InChI=1S/C13H19FN2.ClH/c1-10-2-3-11(6-13(10)14)8-16-5-4-12(7-15)9-16;/h2-3,6,12H,4-5,7-9,15H2,1H3;1H. The van der Waals surface area contributed by atoms with Crippen LogP contribution < -0.4 is 5.73 Å². The Labute approximate surface area is 108 Å². The number of benzene rings is 1. The third-order valence-corrected chi connectivity index (χ3v) is 3.35. The first-order valence-electron chi connectivity index (χ1n) is 5.86. The molecule has 96 valence electrons. The van der Waals surface area contributed by atoms with Gasteiger partial charge >= 0.3 is 0 Å². The summed E-state index contributed by atoms with van der Waals surface area (Å²) in [5.74, 6) is 0.516. The average Bonchev–Trinajstić information content (AvgIpc) is 2.71. The van der Waals surface area contributed by atoms with Gasteiger partial charge in [-0.2, -0.15) is 0 Å². The first-order chi connectivity index (χ1) is 7.69. The van der Waals surface area contributed by atoms with Crippen molar-refractivity contribution in [2.45, 2.75) is 19.9 Å². The SMILES string of the molecule is Cc1ccc(CN2CCC(CN)C2)cc1F.Cl. The quantitative estimate of drug-likeness (QED) is 0.902. The molecule has 1 saturated heterocycles. The lowest BCUT2D eigenvalue weighted by Crippen LogP contribution is -2.22. The van der Waals surface area contributed by atoms with Gasteiger partial charge in [0.1, 0.15) is 5.82 Å². The molecule has 1 aliphatic rings. The van der Waals surface area contributed by atoms with E-state index < -0.39 is 0 Å². The van der Waals surface area contributed by atoms with E-state index in [1.807, 2.05) is 12.1 Å². The number of rotatable bonds is 3.